The average molecular weight is 852 g/mol. The van der Waals surface area contributed by atoms with Crippen molar-refractivity contribution in [3.05, 3.63) is 75.8 Å². The summed E-state index contributed by atoms with van der Waals surface area (Å²) < 4.78 is 32.5. The maximum absolute atomic E-state index is 13.9. The van der Waals surface area contributed by atoms with Crippen LogP contribution in [0.4, 0.5) is 11.8 Å². The highest BCUT2D eigenvalue weighted by molar-refractivity contribution is 7.89. The van der Waals surface area contributed by atoms with Crippen LogP contribution in [0.3, 0.4) is 0 Å². The number of imidazole rings is 1. The van der Waals surface area contributed by atoms with Gasteiger partial charge in [-0.15, -0.1) is 0 Å². The third kappa shape index (κ3) is 7.16. The summed E-state index contributed by atoms with van der Waals surface area (Å²) in [7, 11) is -2.01. The zero-order chi connectivity index (χ0) is 42.2. The summed E-state index contributed by atoms with van der Waals surface area (Å²) in [6.07, 6.45) is 9.50. The number of aryl methyl sites for hydroxylation is 1. The summed E-state index contributed by atoms with van der Waals surface area (Å²) in [6.45, 7) is 3.03. The van der Waals surface area contributed by atoms with Crippen LogP contribution in [0.1, 0.15) is 106 Å². The molecule has 61 heavy (non-hydrogen) atoms. The molecule has 4 aliphatic heterocycles. The van der Waals surface area contributed by atoms with Crippen LogP contribution in [0.5, 0.6) is 0 Å². The molecule has 2 aromatic carbocycles. The van der Waals surface area contributed by atoms with Gasteiger partial charge in [-0.2, -0.15) is 9.29 Å². The van der Waals surface area contributed by atoms with Gasteiger partial charge in [0.05, 0.1) is 27.4 Å². The second-order valence-corrected chi connectivity index (χ2v) is 20.0. The van der Waals surface area contributed by atoms with E-state index in [1.54, 1.807) is 34.2 Å². The van der Waals surface area contributed by atoms with Crippen molar-refractivity contribution in [1.82, 2.24) is 33.6 Å². The predicted molar refractivity (Wildman–Crippen MR) is 226 cm³/mol. The number of rotatable bonds is 9. The van der Waals surface area contributed by atoms with Crippen molar-refractivity contribution < 1.29 is 27.9 Å². The lowest BCUT2D eigenvalue weighted by atomic mass is 9.89. The van der Waals surface area contributed by atoms with Crippen molar-refractivity contribution in [3.8, 4) is 0 Å². The molecule has 2 aliphatic carbocycles. The number of aromatic nitrogens is 4. The van der Waals surface area contributed by atoms with E-state index in [-0.39, 0.29) is 36.0 Å². The van der Waals surface area contributed by atoms with Crippen LogP contribution in [0.2, 0.25) is 0 Å². The number of aliphatic hydroxyl groups excluding tert-OH is 1. The second-order valence-electron chi connectivity index (χ2n) is 18.1. The van der Waals surface area contributed by atoms with E-state index in [2.05, 4.69) is 26.6 Å². The quantitative estimate of drug-likeness (QED) is 0.209. The van der Waals surface area contributed by atoms with Gasteiger partial charge in [-0.3, -0.25) is 38.6 Å². The number of likely N-dealkylation sites (tertiary alicyclic amines) is 1. The smallest absolute Gasteiger partial charge is 0.329 e. The Hall–Kier alpha value is -4.97. The number of benzene rings is 2. The molecule has 17 heteroatoms. The van der Waals surface area contributed by atoms with E-state index in [0.29, 0.717) is 73.4 Å². The number of imide groups is 1. The number of nitrogens with one attached hydrogen (secondary N) is 2. The number of hydrogen-bond acceptors (Lipinski definition) is 11. The molecule has 3 atom stereocenters. The number of hydrogen-bond donors (Lipinski definition) is 3. The lowest BCUT2D eigenvalue weighted by molar-refractivity contribution is -0.135. The van der Waals surface area contributed by atoms with Crippen molar-refractivity contribution in [2.75, 3.05) is 36.4 Å². The molecule has 16 nitrogen and oxygen atoms in total. The number of sulfonamides is 1. The first-order chi connectivity index (χ1) is 29.4. The van der Waals surface area contributed by atoms with Gasteiger partial charge in [0, 0.05) is 56.9 Å². The van der Waals surface area contributed by atoms with Crippen molar-refractivity contribution in [2.45, 2.75) is 124 Å². The first-order valence-corrected chi connectivity index (χ1v) is 23.4. The van der Waals surface area contributed by atoms with Gasteiger partial charge in [-0.05, 0) is 125 Å². The van der Waals surface area contributed by atoms with E-state index in [1.165, 1.54) is 4.57 Å². The van der Waals surface area contributed by atoms with Crippen LogP contribution < -0.4 is 21.2 Å². The zero-order valence-corrected chi connectivity index (χ0v) is 35.3. The Bertz CT molecular complexity index is 2590. The minimum Gasteiger partial charge on any atom is -0.393 e. The van der Waals surface area contributed by atoms with Gasteiger partial charge >= 0.3 is 5.69 Å². The van der Waals surface area contributed by atoms with Gasteiger partial charge in [0.1, 0.15) is 11.9 Å². The molecule has 1 spiro atoms. The second kappa shape index (κ2) is 15.4. The highest BCUT2D eigenvalue weighted by Gasteiger charge is 2.61. The molecule has 3 amide bonds. The molecule has 322 valence electrons. The van der Waals surface area contributed by atoms with Gasteiger partial charge in [0.2, 0.25) is 33.7 Å². The molecule has 10 rings (SSSR count). The number of fused-ring (bicyclic) bond motifs is 3. The van der Waals surface area contributed by atoms with Crippen LogP contribution in [-0.4, -0.2) is 104 Å². The number of carbonyl (C=O) groups excluding carboxylic acids is 3. The minimum absolute atomic E-state index is 0.0246. The maximum Gasteiger partial charge on any atom is 0.329 e. The summed E-state index contributed by atoms with van der Waals surface area (Å²) in [5.74, 6) is 0.719. The molecule has 3 N–H and O–H groups in total. The Morgan fingerprint density at radius 1 is 0.918 bits per heavy atom. The van der Waals surface area contributed by atoms with Crippen molar-refractivity contribution in [2.24, 2.45) is 7.05 Å². The number of anilines is 2. The Kier molecular flexibility index (Phi) is 10.2. The van der Waals surface area contributed by atoms with Crippen molar-refractivity contribution >= 4 is 50.5 Å². The van der Waals surface area contributed by atoms with Gasteiger partial charge < -0.3 is 10.4 Å². The van der Waals surface area contributed by atoms with Crippen LogP contribution in [-0.2, 0) is 43.4 Å². The summed E-state index contributed by atoms with van der Waals surface area (Å²) in [5.41, 5.74) is 3.62. The number of nitrogens with zero attached hydrogens (tertiary/aromatic N) is 7. The third-order valence-corrected chi connectivity index (χ3v) is 16.2. The third-order valence-electron chi connectivity index (χ3n) is 14.3. The van der Waals surface area contributed by atoms with E-state index in [0.717, 1.165) is 80.2 Å². The zero-order valence-electron chi connectivity index (χ0n) is 34.5. The molecule has 6 heterocycles. The van der Waals surface area contributed by atoms with E-state index in [9.17, 15) is 32.7 Å². The lowest BCUT2D eigenvalue weighted by Gasteiger charge is -2.34. The first kappa shape index (κ1) is 40.1. The predicted octanol–water partition coefficient (Wildman–Crippen LogP) is 3.43. The topological polar surface area (TPSA) is 192 Å². The first-order valence-electron chi connectivity index (χ1n) is 21.9. The van der Waals surface area contributed by atoms with Gasteiger partial charge in [-0.25, -0.2) is 18.2 Å². The lowest BCUT2D eigenvalue weighted by Crippen LogP contribution is -2.44. The van der Waals surface area contributed by atoms with Crippen LogP contribution in [0, 0.1) is 0 Å². The summed E-state index contributed by atoms with van der Waals surface area (Å²) in [6, 6.07) is 12.5. The minimum atomic E-state index is -3.72. The standard InChI is InChI=1S/C44H53N9O7S/c1-49-37-23-29(8-9-35(37)53(43(49)58)36-10-11-38(55)47-40(36)56)28-12-18-50(19-13-28)26-27-4-2-7-33(22-27)61(59,60)51-20-14-30(15-21-51)46-42-45-25-34-39(48-42)52(41(57)44(34)16-17-44)31-5-3-6-32(54)24-31/h2,4,7-9,22-23,25,28,30-32,36,54H,3,5-6,10-21,24,26H2,1H3,(H,45,46,48)(H,47,55,56)/t31-,32-,36?/m1/s1. The van der Waals surface area contributed by atoms with E-state index in [4.69, 9.17) is 4.98 Å². The van der Waals surface area contributed by atoms with Gasteiger partial charge in [0.25, 0.3) is 0 Å². The van der Waals surface area contributed by atoms with Crippen LogP contribution in [0.25, 0.3) is 11.0 Å². The van der Waals surface area contributed by atoms with E-state index < -0.39 is 33.5 Å². The molecule has 0 radical (unpaired) electrons. The fraction of sp³-hybridized carbons (Fsp3) is 0.545. The molecule has 2 saturated carbocycles. The van der Waals surface area contributed by atoms with Crippen molar-refractivity contribution in [1.29, 1.82) is 0 Å². The van der Waals surface area contributed by atoms with Crippen molar-refractivity contribution in [3.63, 3.8) is 0 Å². The highest BCUT2D eigenvalue weighted by Crippen LogP contribution is 2.57. The highest BCUT2D eigenvalue weighted by atomic mass is 32.2. The maximum atomic E-state index is 13.9. The molecule has 0 bridgehead atoms. The summed E-state index contributed by atoms with van der Waals surface area (Å²) in [4.78, 5) is 65.3. The number of aliphatic hydroxyl groups is 1. The van der Waals surface area contributed by atoms with Gasteiger partial charge in [-0.1, -0.05) is 18.2 Å². The molecule has 5 fully saturated rings. The Morgan fingerprint density at radius 2 is 1.70 bits per heavy atom. The molecule has 2 aromatic heterocycles. The van der Waals surface area contributed by atoms with Crippen LogP contribution >= 0.6 is 0 Å². The molecule has 6 aliphatic rings. The molecular weight excluding hydrogens is 799 g/mol. The van der Waals surface area contributed by atoms with Crippen LogP contribution in [0.15, 0.2) is 58.4 Å². The number of carbonyl (C=O) groups is 3. The fourth-order valence-corrected chi connectivity index (χ4v) is 12.2. The van der Waals surface area contributed by atoms with E-state index >= 15 is 0 Å². The Balaban J connectivity index is 0.747. The molecule has 1 unspecified atom stereocenters. The van der Waals surface area contributed by atoms with E-state index in [1.807, 2.05) is 29.2 Å². The number of amides is 3. The largest absolute Gasteiger partial charge is 0.393 e. The molecular formula is C44H53N9O7S. The summed E-state index contributed by atoms with van der Waals surface area (Å²) >= 11 is 0. The Morgan fingerprint density at radius 3 is 2.44 bits per heavy atom. The van der Waals surface area contributed by atoms with Gasteiger partial charge in [0.15, 0.2) is 0 Å². The Labute approximate surface area is 354 Å². The average Bonchev–Trinajstić information content (AvgIpc) is 3.98. The normalized spacial score (nSPS) is 25.3. The summed E-state index contributed by atoms with van der Waals surface area (Å²) in [5, 5.41) is 16.2. The SMILES string of the molecule is Cn1c(=O)n(C2CCC(=O)NC2=O)c2ccc(C3CCN(Cc4cccc(S(=O)(=O)N5CCC(Nc6ncc7c(n6)N([C@@H]6CCC[C@@H](O)C6)C(=O)C76CC6)CC5)c4)CC3)cc21. The number of piperidine rings is 3. The molecule has 4 aromatic rings. The fourth-order valence-electron chi connectivity index (χ4n) is 10.6. The molecule has 3 saturated heterocycles. The monoisotopic (exact) mass is 851 g/mol.